The molecule has 1 aromatic heterocycles. The SMILES string of the molecule is Cc1ccc2c(c1)Oc1cc(C)ccc1C2NC(=O)C1CC(c2ccccn2)C(C(F)(F)F)NC1=O. The van der Waals surface area contributed by atoms with Crippen molar-refractivity contribution in [3.05, 3.63) is 88.7 Å². The van der Waals surface area contributed by atoms with Crippen LogP contribution in [0.1, 0.15) is 46.3 Å². The molecule has 0 saturated carbocycles. The molecule has 1 fully saturated rings. The number of aryl methyl sites for hydroxylation is 2. The minimum absolute atomic E-state index is 0.172. The van der Waals surface area contributed by atoms with Crippen molar-refractivity contribution in [2.75, 3.05) is 0 Å². The summed E-state index contributed by atoms with van der Waals surface area (Å²) in [7, 11) is 0. The molecule has 2 N–H and O–H groups in total. The highest BCUT2D eigenvalue weighted by molar-refractivity contribution is 6.01. The second kappa shape index (κ2) is 8.96. The molecule has 2 aliphatic rings. The van der Waals surface area contributed by atoms with E-state index in [2.05, 4.69) is 10.3 Å². The molecule has 2 amide bonds. The van der Waals surface area contributed by atoms with Gasteiger partial charge in [0.05, 0.1) is 6.04 Å². The number of benzene rings is 2. The average molecular weight is 496 g/mol. The zero-order valence-electron chi connectivity index (χ0n) is 19.6. The number of aromatic nitrogens is 1. The topological polar surface area (TPSA) is 80.3 Å². The van der Waals surface area contributed by atoms with E-state index in [4.69, 9.17) is 4.74 Å². The van der Waals surface area contributed by atoms with Crippen LogP contribution in [0.25, 0.3) is 0 Å². The zero-order chi connectivity index (χ0) is 25.6. The van der Waals surface area contributed by atoms with E-state index in [1.807, 2.05) is 55.6 Å². The predicted octanol–water partition coefficient (Wildman–Crippen LogP) is 4.86. The number of rotatable bonds is 3. The molecule has 3 aromatic rings. The first kappa shape index (κ1) is 23.8. The second-order valence-corrected chi connectivity index (χ2v) is 9.30. The molecule has 36 heavy (non-hydrogen) atoms. The van der Waals surface area contributed by atoms with Crippen LogP contribution in [0.2, 0.25) is 0 Å². The second-order valence-electron chi connectivity index (χ2n) is 9.30. The van der Waals surface area contributed by atoms with Crippen LogP contribution >= 0.6 is 0 Å². The lowest BCUT2D eigenvalue weighted by Gasteiger charge is -2.37. The number of nitrogens with zero attached hydrogens (tertiary/aromatic N) is 1. The van der Waals surface area contributed by atoms with Gasteiger partial charge in [-0.3, -0.25) is 14.6 Å². The molecular weight excluding hydrogens is 471 g/mol. The maximum atomic E-state index is 13.8. The molecule has 186 valence electrons. The van der Waals surface area contributed by atoms with E-state index < -0.39 is 41.9 Å². The van der Waals surface area contributed by atoms with Gasteiger partial charge < -0.3 is 15.4 Å². The van der Waals surface area contributed by atoms with Gasteiger partial charge in [-0.15, -0.1) is 0 Å². The molecule has 0 aliphatic carbocycles. The number of halogens is 3. The van der Waals surface area contributed by atoms with E-state index >= 15 is 0 Å². The Hall–Kier alpha value is -3.88. The highest BCUT2D eigenvalue weighted by Crippen LogP contribution is 2.44. The maximum Gasteiger partial charge on any atom is 0.409 e. The monoisotopic (exact) mass is 495 g/mol. The number of pyridine rings is 1. The van der Waals surface area contributed by atoms with Crippen molar-refractivity contribution in [3.8, 4) is 11.5 Å². The Morgan fingerprint density at radius 1 is 1.03 bits per heavy atom. The summed E-state index contributed by atoms with van der Waals surface area (Å²) in [6.07, 6.45) is -3.61. The summed E-state index contributed by atoms with van der Waals surface area (Å²) in [5.74, 6) is -2.97. The van der Waals surface area contributed by atoms with E-state index in [1.54, 1.807) is 12.1 Å². The van der Waals surface area contributed by atoms with Crippen LogP contribution in [-0.2, 0) is 9.59 Å². The van der Waals surface area contributed by atoms with Crippen LogP contribution in [0, 0.1) is 19.8 Å². The number of alkyl halides is 3. The van der Waals surface area contributed by atoms with E-state index in [1.165, 1.54) is 12.3 Å². The number of amides is 2. The molecule has 9 heteroatoms. The average Bonchev–Trinajstić information content (AvgIpc) is 2.83. The van der Waals surface area contributed by atoms with Gasteiger partial charge in [-0.05, 0) is 55.7 Å². The van der Waals surface area contributed by atoms with Crippen LogP contribution in [0.15, 0.2) is 60.8 Å². The number of fused-ring (bicyclic) bond motifs is 2. The number of carbonyl (C=O) groups excluding carboxylic acids is 2. The summed E-state index contributed by atoms with van der Waals surface area (Å²) in [4.78, 5) is 30.3. The normalized spacial score (nSPS) is 21.6. The minimum Gasteiger partial charge on any atom is -0.457 e. The summed E-state index contributed by atoms with van der Waals surface area (Å²) >= 11 is 0. The van der Waals surface area contributed by atoms with E-state index in [0.717, 1.165) is 11.1 Å². The van der Waals surface area contributed by atoms with E-state index in [9.17, 15) is 22.8 Å². The van der Waals surface area contributed by atoms with Gasteiger partial charge in [0, 0.05) is 28.9 Å². The summed E-state index contributed by atoms with van der Waals surface area (Å²) in [5, 5.41) is 4.95. The number of hydrogen-bond donors (Lipinski definition) is 2. The fourth-order valence-corrected chi connectivity index (χ4v) is 4.90. The highest BCUT2D eigenvalue weighted by Gasteiger charge is 2.52. The lowest BCUT2D eigenvalue weighted by atomic mass is 9.80. The molecule has 1 saturated heterocycles. The third kappa shape index (κ3) is 4.41. The Balaban J connectivity index is 1.47. The van der Waals surface area contributed by atoms with Crippen molar-refractivity contribution in [2.45, 2.75) is 44.4 Å². The Bertz CT molecular complexity index is 1280. The molecule has 6 nitrogen and oxygen atoms in total. The Morgan fingerprint density at radius 2 is 1.67 bits per heavy atom. The first-order chi connectivity index (χ1) is 17.1. The molecule has 2 aliphatic heterocycles. The maximum absolute atomic E-state index is 13.8. The van der Waals surface area contributed by atoms with Gasteiger partial charge in [-0.2, -0.15) is 13.2 Å². The van der Waals surface area contributed by atoms with Crippen LogP contribution in [0.5, 0.6) is 11.5 Å². The van der Waals surface area contributed by atoms with Gasteiger partial charge in [0.1, 0.15) is 23.5 Å². The van der Waals surface area contributed by atoms with Gasteiger partial charge in [0.15, 0.2) is 0 Å². The van der Waals surface area contributed by atoms with Gasteiger partial charge >= 0.3 is 6.18 Å². The number of ether oxygens (including phenoxy) is 1. The van der Waals surface area contributed by atoms with Crippen LogP contribution in [0.4, 0.5) is 13.2 Å². The lowest BCUT2D eigenvalue weighted by Crippen LogP contribution is -2.58. The zero-order valence-corrected chi connectivity index (χ0v) is 19.6. The largest absolute Gasteiger partial charge is 0.457 e. The molecule has 0 spiro atoms. The molecular formula is C27H24F3N3O3. The van der Waals surface area contributed by atoms with Crippen LogP contribution < -0.4 is 15.4 Å². The van der Waals surface area contributed by atoms with Gasteiger partial charge in [-0.1, -0.05) is 30.3 Å². The fourth-order valence-electron chi connectivity index (χ4n) is 4.90. The number of hydrogen-bond acceptors (Lipinski definition) is 4. The van der Waals surface area contributed by atoms with E-state index in [-0.39, 0.29) is 12.1 Å². The van der Waals surface area contributed by atoms with Crippen molar-refractivity contribution in [2.24, 2.45) is 5.92 Å². The molecule has 3 heterocycles. The van der Waals surface area contributed by atoms with Crippen molar-refractivity contribution >= 4 is 11.8 Å². The molecule has 0 bridgehead atoms. The number of nitrogens with one attached hydrogen (secondary N) is 2. The van der Waals surface area contributed by atoms with Gasteiger partial charge in [0.2, 0.25) is 11.8 Å². The Kier molecular flexibility index (Phi) is 5.94. The summed E-state index contributed by atoms with van der Waals surface area (Å²) in [6, 6.07) is 13.1. The summed E-state index contributed by atoms with van der Waals surface area (Å²) in [6.45, 7) is 3.84. The molecule has 3 unspecified atom stereocenters. The van der Waals surface area contributed by atoms with Gasteiger partial charge in [-0.25, -0.2) is 0 Å². The van der Waals surface area contributed by atoms with Crippen molar-refractivity contribution in [1.29, 1.82) is 0 Å². The Labute approximate surface area is 205 Å². The third-order valence-corrected chi connectivity index (χ3v) is 6.71. The molecule has 3 atom stereocenters. The summed E-state index contributed by atoms with van der Waals surface area (Å²) < 4.78 is 47.5. The van der Waals surface area contributed by atoms with Crippen molar-refractivity contribution in [3.63, 3.8) is 0 Å². The first-order valence-corrected chi connectivity index (χ1v) is 11.6. The van der Waals surface area contributed by atoms with E-state index in [0.29, 0.717) is 22.6 Å². The van der Waals surface area contributed by atoms with Crippen LogP contribution in [0.3, 0.4) is 0 Å². The number of carbonyl (C=O) groups is 2. The predicted molar refractivity (Wildman–Crippen MR) is 125 cm³/mol. The third-order valence-electron chi connectivity index (χ3n) is 6.71. The summed E-state index contributed by atoms with van der Waals surface area (Å²) in [5.41, 5.74) is 3.52. The smallest absolute Gasteiger partial charge is 0.409 e. The molecule has 2 aromatic carbocycles. The van der Waals surface area contributed by atoms with Crippen LogP contribution in [-0.4, -0.2) is 29.0 Å². The standard InChI is InChI=1S/C27H24F3N3O3/c1-14-6-8-16-21(11-14)36-22-12-15(2)7-9-17(22)23(16)32-25(34)19-13-18(20-5-3-4-10-31-20)24(27(28,29)30)33-26(19)35/h3-12,18-19,23-24H,13H2,1-2H3,(H,32,34)(H,33,35). The Morgan fingerprint density at radius 3 is 2.22 bits per heavy atom. The first-order valence-electron chi connectivity index (χ1n) is 11.6. The highest BCUT2D eigenvalue weighted by atomic mass is 19.4. The minimum atomic E-state index is -4.69. The van der Waals surface area contributed by atoms with Crippen molar-refractivity contribution in [1.82, 2.24) is 15.6 Å². The molecule has 5 rings (SSSR count). The van der Waals surface area contributed by atoms with Crippen molar-refractivity contribution < 1.29 is 27.5 Å². The fraction of sp³-hybridized carbons (Fsp3) is 0.296. The quantitative estimate of drug-likeness (QED) is 0.509. The lowest BCUT2D eigenvalue weighted by molar-refractivity contribution is -0.175. The van der Waals surface area contributed by atoms with Gasteiger partial charge in [0.25, 0.3) is 0 Å². The number of piperidine rings is 1. The molecule has 0 radical (unpaired) electrons.